The maximum Gasteiger partial charge on any atom is 0.222 e. The smallest absolute Gasteiger partial charge is 0.222 e. The van der Waals surface area contributed by atoms with Crippen LogP contribution in [0.15, 0.2) is 24.7 Å². The van der Waals surface area contributed by atoms with Gasteiger partial charge in [-0.15, -0.1) is 0 Å². The topological polar surface area (TPSA) is 67.2 Å². The highest BCUT2D eigenvalue weighted by atomic mass is 16.2. The Kier molecular flexibility index (Phi) is 5.44. The quantitative estimate of drug-likeness (QED) is 0.794. The van der Waals surface area contributed by atoms with Gasteiger partial charge in [0.25, 0.3) is 0 Å². The van der Waals surface area contributed by atoms with Gasteiger partial charge in [0, 0.05) is 38.4 Å². The molecule has 7 nitrogen and oxygen atoms in total. The maximum absolute atomic E-state index is 12.5. The fourth-order valence-corrected chi connectivity index (χ4v) is 4.43. The minimum atomic E-state index is 0.250. The first kappa shape index (κ1) is 19.1. The lowest BCUT2D eigenvalue weighted by atomic mass is 9.72. The molecule has 2 fully saturated rings. The Morgan fingerprint density at radius 3 is 2.57 bits per heavy atom. The average molecular weight is 383 g/mol. The van der Waals surface area contributed by atoms with Crippen LogP contribution in [0, 0.1) is 12.3 Å². The Hall–Kier alpha value is -2.28. The van der Waals surface area contributed by atoms with Gasteiger partial charge in [0.2, 0.25) is 5.91 Å². The van der Waals surface area contributed by atoms with Gasteiger partial charge in [0.1, 0.15) is 0 Å². The lowest BCUT2D eigenvalue weighted by Crippen LogP contribution is -2.51. The van der Waals surface area contributed by atoms with Gasteiger partial charge in [-0.2, -0.15) is 5.10 Å². The maximum atomic E-state index is 12.5. The molecule has 7 heteroatoms. The van der Waals surface area contributed by atoms with E-state index < -0.39 is 0 Å². The summed E-state index contributed by atoms with van der Waals surface area (Å²) >= 11 is 0. The Labute approximate surface area is 166 Å². The molecule has 4 heterocycles. The second kappa shape index (κ2) is 7.99. The van der Waals surface area contributed by atoms with Gasteiger partial charge in [0.05, 0.1) is 29.8 Å². The number of aryl methyl sites for hydroxylation is 2. The van der Waals surface area contributed by atoms with Crippen molar-refractivity contribution in [3.05, 3.63) is 41.7 Å². The van der Waals surface area contributed by atoms with E-state index in [1.807, 2.05) is 16.5 Å². The largest absolute Gasteiger partial charge is 0.336 e. The van der Waals surface area contributed by atoms with E-state index in [0.29, 0.717) is 13.0 Å². The molecule has 2 aromatic heterocycles. The number of likely N-dealkylation sites (tertiary alicyclic amines) is 2. The molecule has 28 heavy (non-hydrogen) atoms. The Bertz CT molecular complexity index is 807. The number of hydrogen-bond acceptors (Lipinski definition) is 5. The molecule has 0 bridgehead atoms. The van der Waals surface area contributed by atoms with Crippen molar-refractivity contribution in [1.82, 2.24) is 29.5 Å². The summed E-state index contributed by atoms with van der Waals surface area (Å²) in [6.45, 7) is 9.45. The number of carbonyl (C=O) groups excluding carboxylic acids is 1. The van der Waals surface area contributed by atoms with Crippen LogP contribution in [0.4, 0.5) is 0 Å². The third-order valence-electron chi connectivity index (χ3n) is 6.26. The summed E-state index contributed by atoms with van der Waals surface area (Å²) in [6.07, 6.45) is 9.58. The van der Waals surface area contributed by atoms with Crippen molar-refractivity contribution in [1.29, 1.82) is 0 Å². The summed E-state index contributed by atoms with van der Waals surface area (Å²) in [5.74, 6) is 0.250. The van der Waals surface area contributed by atoms with E-state index in [0.717, 1.165) is 69.1 Å². The van der Waals surface area contributed by atoms with Crippen molar-refractivity contribution in [3.63, 3.8) is 0 Å². The molecule has 0 unspecified atom stereocenters. The molecule has 0 aliphatic carbocycles. The molecule has 0 aromatic carbocycles. The van der Waals surface area contributed by atoms with Gasteiger partial charge in [-0.3, -0.25) is 24.3 Å². The second-order valence-electron chi connectivity index (χ2n) is 8.34. The van der Waals surface area contributed by atoms with Crippen LogP contribution in [-0.4, -0.2) is 55.1 Å². The van der Waals surface area contributed by atoms with Crippen LogP contribution in [-0.2, 0) is 24.4 Å². The number of hydrogen-bond donors (Lipinski definition) is 0. The summed E-state index contributed by atoms with van der Waals surface area (Å²) in [7, 11) is 0. The second-order valence-corrected chi connectivity index (χ2v) is 8.34. The molecule has 2 saturated heterocycles. The summed E-state index contributed by atoms with van der Waals surface area (Å²) in [6, 6.07) is 2.12. The third-order valence-corrected chi connectivity index (χ3v) is 6.26. The van der Waals surface area contributed by atoms with Crippen LogP contribution in [0.3, 0.4) is 0 Å². The van der Waals surface area contributed by atoms with E-state index >= 15 is 0 Å². The van der Waals surface area contributed by atoms with Gasteiger partial charge in [-0.05, 0) is 57.7 Å². The standard InChI is InChI=1S/C21H30N6O/c1-3-27-9-5-18(24-27)14-25-10-7-21(8-11-25)6-4-20(28)26(16-21)15-19-13-22-17(2)12-23-19/h5,9,12-13H,3-4,6-8,10-11,14-16H2,1-2H3. The Balaban J connectivity index is 1.34. The van der Waals surface area contributed by atoms with E-state index in [1.165, 1.54) is 0 Å². The molecule has 0 saturated carbocycles. The van der Waals surface area contributed by atoms with Crippen LogP contribution >= 0.6 is 0 Å². The molecular formula is C21H30N6O. The Morgan fingerprint density at radius 2 is 1.89 bits per heavy atom. The minimum absolute atomic E-state index is 0.250. The molecule has 150 valence electrons. The average Bonchev–Trinajstić information content (AvgIpc) is 3.16. The molecule has 1 amide bonds. The minimum Gasteiger partial charge on any atom is -0.336 e. The zero-order valence-electron chi connectivity index (χ0n) is 17.0. The van der Waals surface area contributed by atoms with Crippen LogP contribution in [0.25, 0.3) is 0 Å². The predicted molar refractivity (Wildman–Crippen MR) is 106 cm³/mol. The Morgan fingerprint density at radius 1 is 1.07 bits per heavy atom. The zero-order valence-corrected chi connectivity index (χ0v) is 17.0. The summed E-state index contributed by atoms with van der Waals surface area (Å²) < 4.78 is 1.99. The fraction of sp³-hybridized carbons (Fsp3) is 0.619. The highest BCUT2D eigenvalue weighted by molar-refractivity contribution is 5.77. The number of piperidine rings is 2. The van der Waals surface area contributed by atoms with Gasteiger partial charge in [0.15, 0.2) is 0 Å². The molecule has 2 aliphatic rings. The van der Waals surface area contributed by atoms with Crippen molar-refractivity contribution in [2.45, 2.75) is 59.2 Å². The summed E-state index contributed by atoms with van der Waals surface area (Å²) in [4.78, 5) is 25.7. The summed E-state index contributed by atoms with van der Waals surface area (Å²) in [5, 5.41) is 4.61. The molecule has 2 aliphatic heterocycles. The highest BCUT2D eigenvalue weighted by Gasteiger charge is 2.41. The van der Waals surface area contributed by atoms with Crippen LogP contribution in [0.2, 0.25) is 0 Å². The van der Waals surface area contributed by atoms with Crippen molar-refractivity contribution in [2.75, 3.05) is 19.6 Å². The van der Waals surface area contributed by atoms with E-state index in [-0.39, 0.29) is 11.3 Å². The van der Waals surface area contributed by atoms with E-state index in [2.05, 4.69) is 39.2 Å². The number of rotatable bonds is 5. The molecular weight excluding hydrogens is 352 g/mol. The van der Waals surface area contributed by atoms with E-state index in [4.69, 9.17) is 0 Å². The van der Waals surface area contributed by atoms with Gasteiger partial charge in [-0.1, -0.05) is 0 Å². The summed E-state index contributed by atoms with van der Waals surface area (Å²) in [5.41, 5.74) is 3.18. The van der Waals surface area contributed by atoms with Crippen LogP contribution in [0.5, 0.6) is 0 Å². The molecule has 1 spiro atoms. The number of amides is 1. The fourth-order valence-electron chi connectivity index (χ4n) is 4.43. The predicted octanol–water partition coefficient (Wildman–Crippen LogP) is 2.41. The number of aromatic nitrogens is 4. The first-order valence-corrected chi connectivity index (χ1v) is 10.4. The van der Waals surface area contributed by atoms with Crippen molar-refractivity contribution < 1.29 is 4.79 Å². The number of carbonyl (C=O) groups is 1. The van der Waals surface area contributed by atoms with Gasteiger partial charge < -0.3 is 4.90 Å². The third kappa shape index (κ3) is 4.24. The van der Waals surface area contributed by atoms with Crippen molar-refractivity contribution in [3.8, 4) is 0 Å². The zero-order chi connectivity index (χ0) is 19.6. The van der Waals surface area contributed by atoms with Crippen LogP contribution < -0.4 is 0 Å². The van der Waals surface area contributed by atoms with Crippen molar-refractivity contribution in [2.24, 2.45) is 5.41 Å². The highest BCUT2D eigenvalue weighted by Crippen LogP contribution is 2.40. The monoisotopic (exact) mass is 382 g/mol. The first-order valence-electron chi connectivity index (χ1n) is 10.4. The lowest BCUT2D eigenvalue weighted by Gasteiger charge is -2.47. The molecule has 0 N–H and O–H groups in total. The normalized spacial score (nSPS) is 20.1. The van der Waals surface area contributed by atoms with Crippen LogP contribution in [0.1, 0.15) is 49.7 Å². The number of nitrogens with zero attached hydrogens (tertiary/aromatic N) is 6. The lowest BCUT2D eigenvalue weighted by molar-refractivity contribution is -0.140. The first-order chi connectivity index (χ1) is 13.5. The SMILES string of the molecule is CCn1ccc(CN2CCC3(CCC(=O)N(Cc4cnc(C)cn4)C3)CC2)n1. The van der Waals surface area contributed by atoms with Gasteiger partial charge >= 0.3 is 0 Å². The van der Waals surface area contributed by atoms with E-state index in [1.54, 1.807) is 12.4 Å². The molecule has 0 radical (unpaired) electrons. The molecule has 4 rings (SSSR count). The molecule has 2 aromatic rings. The van der Waals surface area contributed by atoms with E-state index in [9.17, 15) is 4.79 Å². The molecule has 0 atom stereocenters. The van der Waals surface area contributed by atoms with Gasteiger partial charge in [-0.25, -0.2) is 0 Å². The van der Waals surface area contributed by atoms with Crippen molar-refractivity contribution >= 4 is 5.91 Å².